The molecule has 1 heterocycles. The van der Waals surface area contributed by atoms with Crippen LogP contribution in [-0.2, 0) is 16.0 Å². The van der Waals surface area contributed by atoms with Gasteiger partial charge in [0, 0.05) is 25.8 Å². The average molecular weight is 306 g/mol. The molecule has 22 heavy (non-hydrogen) atoms. The van der Waals surface area contributed by atoms with Crippen LogP contribution in [0.25, 0.3) is 11.3 Å². The van der Waals surface area contributed by atoms with E-state index in [1.807, 2.05) is 6.92 Å². The lowest BCUT2D eigenvalue weighted by atomic mass is 10.1. The van der Waals surface area contributed by atoms with Gasteiger partial charge < -0.3 is 14.6 Å². The zero-order valence-electron chi connectivity index (χ0n) is 12.5. The molecule has 0 saturated heterocycles. The molecule has 0 spiro atoms. The van der Waals surface area contributed by atoms with E-state index in [-0.39, 0.29) is 18.1 Å². The van der Waals surface area contributed by atoms with Crippen molar-refractivity contribution in [2.45, 2.75) is 19.8 Å². The molecule has 0 unspecified atom stereocenters. The number of hydrogen-bond acceptors (Lipinski definition) is 4. The highest BCUT2D eigenvalue weighted by Crippen LogP contribution is 2.23. The van der Waals surface area contributed by atoms with Crippen LogP contribution in [0.2, 0.25) is 0 Å². The zero-order chi connectivity index (χ0) is 15.8. The summed E-state index contributed by atoms with van der Waals surface area (Å²) in [7, 11) is 0. The van der Waals surface area contributed by atoms with Crippen molar-refractivity contribution < 1.29 is 18.4 Å². The molecule has 0 aliphatic rings. The number of carbonyl (C=O) groups is 1. The molecule has 1 N–H and O–H groups in total. The third kappa shape index (κ3) is 4.66. The monoisotopic (exact) mass is 306 g/mol. The molecule has 0 aliphatic heterocycles. The third-order valence-electron chi connectivity index (χ3n) is 3.03. The summed E-state index contributed by atoms with van der Waals surface area (Å²) >= 11 is 0. The highest BCUT2D eigenvalue weighted by atomic mass is 19.1. The van der Waals surface area contributed by atoms with Crippen molar-refractivity contribution in [3.63, 3.8) is 0 Å². The van der Waals surface area contributed by atoms with E-state index < -0.39 is 0 Å². The first kappa shape index (κ1) is 16.2. The summed E-state index contributed by atoms with van der Waals surface area (Å²) in [4.78, 5) is 11.8. The molecule has 5 nitrogen and oxygen atoms in total. The van der Waals surface area contributed by atoms with E-state index in [4.69, 9.17) is 9.26 Å². The molecule has 0 aliphatic carbocycles. The SMILES string of the molecule is CCOCCCNC(=O)Cc1cc(-c2ccccc2F)on1. The van der Waals surface area contributed by atoms with Gasteiger partial charge in [-0.05, 0) is 25.5 Å². The predicted molar refractivity (Wildman–Crippen MR) is 79.7 cm³/mol. The third-order valence-corrected chi connectivity index (χ3v) is 3.03. The minimum Gasteiger partial charge on any atom is -0.382 e. The number of hydrogen-bond donors (Lipinski definition) is 1. The number of ether oxygens (including phenoxy) is 1. The Morgan fingerprint density at radius 2 is 2.23 bits per heavy atom. The first-order valence-corrected chi connectivity index (χ1v) is 7.25. The largest absolute Gasteiger partial charge is 0.382 e. The van der Waals surface area contributed by atoms with Gasteiger partial charge in [-0.15, -0.1) is 0 Å². The molecule has 1 amide bonds. The normalized spacial score (nSPS) is 10.6. The van der Waals surface area contributed by atoms with Gasteiger partial charge in [-0.2, -0.15) is 0 Å². The molecular weight excluding hydrogens is 287 g/mol. The van der Waals surface area contributed by atoms with E-state index in [2.05, 4.69) is 10.5 Å². The van der Waals surface area contributed by atoms with Crippen molar-refractivity contribution in [3.05, 3.63) is 41.8 Å². The fourth-order valence-electron chi connectivity index (χ4n) is 1.96. The van der Waals surface area contributed by atoms with Crippen LogP contribution in [0.4, 0.5) is 4.39 Å². The van der Waals surface area contributed by atoms with Crippen molar-refractivity contribution in [3.8, 4) is 11.3 Å². The van der Waals surface area contributed by atoms with Gasteiger partial charge in [0.2, 0.25) is 5.91 Å². The van der Waals surface area contributed by atoms with Crippen LogP contribution >= 0.6 is 0 Å². The molecule has 0 radical (unpaired) electrons. The summed E-state index contributed by atoms with van der Waals surface area (Å²) in [5.41, 5.74) is 0.805. The van der Waals surface area contributed by atoms with Crippen molar-refractivity contribution in [2.24, 2.45) is 0 Å². The van der Waals surface area contributed by atoms with Crippen LogP contribution in [0.1, 0.15) is 19.0 Å². The minimum atomic E-state index is -0.384. The Morgan fingerprint density at radius 3 is 3.00 bits per heavy atom. The molecule has 2 rings (SSSR count). The van der Waals surface area contributed by atoms with Gasteiger partial charge >= 0.3 is 0 Å². The first-order valence-electron chi connectivity index (χ1n) is 7.25. The molecule has 2 aromatic rings. The summed E-state index contributed by atoms with van der Waals surface area (Å²) < 4.78 is 23.9. The Bertz CT molecular complexity index is 613. The highest BCUT2D eigenvalue weighted by Gasteiger charge is 2.12. The average Bonchev–Trinajstić information content (AvgIpc) is 2.95. The standard InChI is InChI=1S/C16H19FN2O3/c1-2-21-9-5-8-18-16(20)11-12-10-15(22-19-12)13-6-3-4-7-14(13)17/h3-4,6-7,10H,2,5,8-9,11H2,1H3,(H,18,20). The van der Waals surface area contributed by atoms with Gasteiger partial charge in [0.05, 0.1) is 17.7 Å². The van der Waals surface area contributed by atoms with Crippen LogP contribution in [0.5, 0.6) is 0 Å². The fraction of sp³-hybridized carbons (Fsp3) is 0.375. The van der Waals surface area contributed by atoms with Crippen molar-refractivity contribution in [1.29, 1.82) is 0 Å². The van der Waals surface area contributed by atoms with E-state index >= 15 is 0 Å². The summed E-state index contributed by atoms with van der Waals surface area (Å²) in [6.07, 6.45) is 0.867. The second-order valence-electron chi connectivity index (χ2n) is 4.74. The molecule has 1 aromatic carbocycles. The van der Waals surface area contributed by atoms with Crippen molar-refractivity contribution in [2.75, 3.05) is 19.8 Å². The number of benzene rings is 1. The van der Waals surface area contributed by atoms with Gasteiger partial charge in [0.25, 0.3) is 0 Å². The number of nitrogens with zero attached hydrogens (tertiary/aromatic N) is 1. The van der Waals surface area contributed by atoms with Gasteiger partial charge in [0.15, 0.2) is 5.76 Å². The summed E-state index contributed by atoms with van der Waals surface area (Å²) in [6.45, 7) is 3.77. The van der Waals surface area contributed by atoms with Gasteiger partial charge in [-0.1, -0.05) is 17.3 Å². The summed E-state index contributed by atoms with van der Waals surface area (Å²) in [5.74, 6) is -0.215. The van der Waals surface area contributed by atoms with E-state index in [0.29, 0.717) is 36.8 Å². The molecule has 0 saturated carbocycles. The molecule has 0 fully saturated rings. The maximum atomic E-state index is 13.6. The molecule has 1 aromatic heterocycles. The second-order valence-corrected chi connectivity index (χ2v) is 4.74. The molecule has 6 heteroatoms. The van der Waals surface area contributed by atoms with Crippen LogP contribution in [0.3, 0.4) is 0 Å². The Labute approximate surface area is 128 Å². The Hall–Kier alpha value is -2.21. The van der Waals surface area contributed by atoms with Crippen molar-refractivity contribution in [1.82, 2.24) is 10.5 Å². The predicted octanol–water partition coefficient (Wildman–Crippen LogP) is 2.57. The van der Waals surface area contributed by atoms with Crippen molar-refractivity contribution >= 4 is 5.91 Å². The number of aromatic nitrogens is 1. The van der Waals surface area contributed by atoms with E-state index in [9.17, 15) is 9.18 Å². The number of carbonyl (C=O) groups excluding carboxylic acids is 1. The van der Waals surface area contributed by atoms with Crippen LogP contribution in [-0.4, -0.2) is 30.8 Å². The zero-order valence-corrected chi connectivity index (χ0v) is 12.5. The highest BCUT2D eigenvalue weighted by molar-refractivity contribution is 5.78. The van der Waals surface area contributed by atoms with Crippen LogP contribution < -0.4 is 5.32 Å². The van der Waals surface area contributed by atoms with Crippen LogP contribution in [0.15, 0.2) is 34.9 Å². The number of rotatable bonds is 8. The Balaban J connectivity index is 1.84. The smallest absolute Gasteiger partial charge is 0.226 e. The van der Waals surface area contributed by atoms with Gasteiger partial charge in [-0.3, -0.25) is 4.79 Å². The maximum absolute atomic E-state index is 13.6. The quantitative estimate of drug-likeness (QED) is 0.761. The lowest BCUT2D eigenvalue weighted by Crippen LogP contribution is -2.26. The minimum absolute atomic E-state index is 0.104. The number of nitrogens with one attached hydrogen (secondary N) is 1. The maximum Gasteiger partial charge on any atom is 0.226 e. The Morgan fingerprint density at radius 1 is 1.41 bits per heavy atom. The van der Waals surface area contributed by atoms with Gasteiger partial charge in [0.1, 0.15) is 5.82 Å². The molecule has 0 bridgehead atoms. The summed E-state index contributed by atoms with van der Waals surface area (Å²) in [6, 6.07) is 7.85. The fourth-order valence-corrected chi connectivity index (χ4v) is 1.96. The first-order chi connectivity index (χ1) is 10.7. The van der Waals surface area contributed by atoms with E-state index in [1.165, 1.54) is 6.07 Å². The molecule has 118 valence electrons. The Kier molecular flexibility index (Phi) is 6.09. The van der Waals surface area contributed by atoms with E-state index in [0.717, 1.165) is 6.42 Å². The van der Waals surface area contributed by atoms with Crippen LogP contribution in [0, 0.1) is 5.82 Å². The lowest BCUT2D eigenvalue weighted by molar-refractivity contribution is -0.120. The molecular formula is C16H19FN2O3. The van der Waals surface area contributed by atoms with Gasteiger partial charge in [-0.25, -0.2) is 4.39 Å². The number of amides is 1. The topological polar surface area (TPSA) is 64.4 Å². The lowest BCUT2D eigenvalue weighted by Gasteiger charge is -2.03. The molecule has 0 atom stereocenters. The summed E-state index contributed by atoms with van der Waals surface area (Å²) in [5, 5.41) is 6.58. The number of halogens is 1. The van der Waals surface area contributed by atoms with E-state index in [1.54, 1.807) is 24.3 Å². The second kappa shape index (κ2) is 8.29.